The summed E-state index contributed by atoms with van der Waals surface area (Å²) in [5.74, 6) is 0. The van der Waals surface area contributed by atoms with Gasteiger partial charge in [0.15, 0.2) is 0 Å². The van der Waals surface area contributed by atoms with Crippen LogP contribution in [0, 0.1) is 0 Å². The zero-order valence-electron chi connectivity index (χ0n) is 14.0. The lowest BCUT2D eigenvalue weighted by molar-refractivity contribution is 0.281. The summed E-state index contributed by atoms with van der Waals surface area (Å²) in [6.07, 6.45) is 5.57. The van der Waals surface area contributed by atoms with Crippen LogP contribution < -0.4 is 0 Å². The topological polar surface area (TPSA) is 36.9 Å². The van der Waals surface area contributed by atoms with Gasteiger partial charge in [0.1, 0.15) is 0 Å². The monoisotopic (exact) mass is 508 g/mol. The van der Waals surface area contributed by atoms with E-state index in [1.165, 1.54) is 43.2 Å². The highest BCUT2D eigenvalue weighted by Gasteiger charge is 2.07. The lowest BCUT2D eigenvalue weighted by atomic mass is 10.2. The zero-order chi connectivity index (χ0) is 19.0. The van der Waals surface area contributed by atoms with Crippen LogP contribution in [0.15, 0.2) is 0 Å². The Balaban J connectivity index is 2.32. The Morgan fingerprint density at radius 2 is 0.654 bits per heavy atom. The van der Waals surface area contributed by atoms with Gasteiger partial charge in [-0.1, -0.05) is 0 Å². The smallest absolute Gasteiger partial charge is 0.231 e. The minimum absolute atomic E-state index is 0.474. The van der Waals surface area contributed by atoms with Crippen molar-refractivity contribution in [2.45, 2.75) is 38.5 Å². The van der Waals surface area contributed by atoms with Crippen molar-refractivity contribution in [2.75, 3.05) is 26.4 Å². The van der Waals surface area contributed by atoms with E-state index < -0.39 is 0 Å². The van der Waals surface area contributed by atoms with Crippen LogP contribution in [0.4, 0.5) is 0 Å². The molecule has 1 aliphatic heterocycles. The zero-order valence-corrected chi connectivity index (χ0v) is 20.5. The van der Waals surface area contributed by atoms with Crippen molar-refractivity contribution in [1.82, 2.24) is 0 Å². The van der Waals surface area contributed by atoms with E-state index in [1.54, 1.807) is 0 Å². The summed E-state index contributed by atoms with van der Waals surface area (Å²) in [5, 5.41) is 0. The molecule has 1 aliphatic rings. The van der Waals surface area contributed by atoms with Crippen molar-refractivity contribution in [3.63, 3.8) is 0 Å². The van der Waals surface area contributed by atoms with E-state index in [-0.39, 0.29) is 0 Å². The van der Waals surface area contributed by atoms with Crippen LogP contribution in [0.3, 0.4) is 0 Å². The third-order valence-corrected chi connectivity index (χ3v) is 9.05. The summed E-state index contributed by atoms with van der Waals surface area (Å²) < 4.78 is 23.9. The van der Waals surface area contributed by atoms with Gasteiger partial charge < -0.3 is 18.9 Å². The van der Waals surface area contributed by atoms with Gasteiger partial charge >= 0.3 is 0 Å². The summed E-state index contributed by atoms with van der Waals surface area (Å²) >= 11 is 20.6. The first kappa shape index (κ1) is 25.0. The van der Waals surface area contributed by atoms with Gasteiger partial charge in [0, 0.05) is 43.2 Å². The second-order valence-corrected chi connectivity index (χ2v) is 11.5. The van der Waals surface area contributed by atoms with Crippen molar-refractivity contribution in [3.8, 4) is 0 Å². The highest BCUT2D eigenvalue weighted by atomic mass is 33.1. The Morgan fingerprint density at radius 3 is 0.885 bits per heavy atom. The van der Waals surface area contributed by atoms with Gasteiger partial charge in [-0.05, 0) is 87.4 Å². The van der Waals surface area contributed by atoms with Crippen molar-refractivity contribution in [1.29, 1.82) is 0 Å². The number of rotatable bonds is 0. The lowest BCUT2D eigenvalue weighted by Crippen LogP contribution is -2.04. The van der Waals surface area contributed by atoms with Crippen molar-refractivity contribution in [3.05, 3.63) is 0 Å². The number of hydrogen-bond donors (Lipinski definition) is 0. The molecule has 0 aromatic rings. The molecule has 0 saturated carbocycles. The molecule has 0 aromatic carbocycles. The van der Waals surface area contributed by atoms with E-state index in [1.807, 2.05) is 0 Å². The molecule has 0 spiro atoms. The van der Waals surface area contributed by atoms with Crippen LogP contribution in [-0.2, 0) is 18.9 Å². The quantitative estimate of drug-likeness (QED) is 0.272. The van der Waals surface area contributed by atoms with Crippen LogP contribution in [0.25, 0.3) is 0 Å². The number of thiocarbonyl (C=S) groups is 4. The van der Waals surface area contributed by atoms with E-state index in [0.29, 0.717) is 44.0 Å². The predicted octanol–water partition coefficient (Wildman–Crippen LogP) is 6.31. The highest BCUT2D eigenvalue weighted by Crippen LogP contribution is 2.27. The Hall–Kier alpha value is 0.960. The molecule has 0 atom stereocenters. The summed E-state index contributed by atoms with van der Waals surface area (Å²) in [4.78, 5) is 0. The van der Waals surface area contributed by atoms with Crippen LogP contribution in [0.2, 0.25) is 0 Å². The van der Waals surface area contributed by atoms with E-state index in [9.17, 15) is 0 Å². The fourth-order valence-corrected chi connectivity index (χ4v) is 5.37. The Bertz CT molecular complexity index is 392. The summed E-state index contributed by atoms with van der Waals surface area (Å²) in [7, 11) is 5.27. The van der Waals surface area contributed by atoms with Gasteiger partial charge in [-0.15, -0.1) is 0 Å². The maximum Gasteiger partial charge on any atom is 0.231 e. The molecule has 148 valence electrons. The molecule has 4 nitrogen and oxygen atoms in total. The first-order chi connectivity index (χ1) is 12.6. The highest BCUT2D eigenvalue weighted by molar-refractivity contribution is 8.89. The fraction of sp³-hybridized carbons (Fsp3) is 0.714. The van der Waals surface area contributed by atoms with Gasteiger partial charge in [0.05, 0.1) is 26.4 Å². The third-order valence-electron chi connectivity index (χ3n) is 2.81. The maximum atomic E-state index is 5.49. The van der Waals surface area contributed by atoms with E-state index in [2.05, 4.69) is 0 Å². The third kappa shape index (κ3) is 14.9. The molecule has 0 bridgehead atoms. The molecule has 1 heterocycles. The average Bonchev–Trinajstić information content (AvgIpc) is 2.62. The average molecular weight is 509 g/mol. The molecule has 0 N–H and O–H groups in total. The molecule has 1 rings (SSSR count). The molecule has 0 amide bonds. The van der Waals surface area contributed by atoms with Gasteiger partial charge in [0.2, 0.25) is 17.5 Å². The van der Waals surface area contributed by atoms with Gasteiger partial charge in [-0.25, -0.2) is 0 Å². The second-order valence-electron chi connectivity index (χ2n) is 4.85. The standard InChI is InChI=1S/C14H20O4S8/c19-11-15-7-3-1-4-8-16-12(20)24-26-14(22)18-10-6-2-5-9-17-13(21)25-23-11/h1-10H2. The molecule has 0 aliphatic carbocycles. The summed E-state index contributed by atoms with van der Waals surface area (Å²) in [6.45, 7) is 2.34. The van der Waals surface area contributed by atoms with Crippen molar-refractivity contribution in [2.24, 2.45) is 0 Å². The van der Waals surface area contributed by atoms with Gasteiger partial charge in [0.25, 0.3) is 0 Å². The SMILES string of the molecule is S=C1OCCCCCOC(=S)SSC(=S)OCCCCCOC(=S)SS1. The Labute approximate surface area is 192 Å². The van der Waals surface area contributed by atoms with Crippen LogP contribution >= 0.6 is 92.0 Å². The normalized spacial score (nSPS) is 21.2. The van der Waals surface area contributed by atoms with E-state index >= 15 is 0 Å². The predicted molar refractivity (Wildman–Crippen MR) is 132 cm³/mol. The van der Waals surface area contributed by atoms with Crippen LogP contribution in [0.5, 0.6) is 0 Å². The lowest BCUT2D eigenvalue weighted by Gasteiger charge is -2.10. The molecule has 0 radical (unpaired) electrons. The second kappa shape index (κ2) is 16.9. The molecule has 0 unspecified atom stereocenters. The first-order valence-corrected chi connectivity index (χ1v) is 13.9. The van der Waals surface area contributed by atoms with E-state index in [0.717, 1.165) is 38.5 Å². The molecule has 1 saturated heterocycles. The maximum absolute atomic E-state index is 5.49. The summed E-state index contributed by atoms with van der Waals surface area (Å²) in [5.41, 5.74) is 0. The molecular formula is C14H20O4S8. The fourth-order valence-electron chi connectivity index (χ4n) is 1.62. The summed E-state index contributed by atoms with van der Waals surface area (Å²) in [6, 6.07) is 0. The Kier molecular flexibility index (Phi) is 16.2. The minimum Gasteiger partial charge on any atom is -0.478 e. The number of hydrogen-bond acceptors (Lipinski definition) is 12. The van der Waals surface area contributed by atoms with Crippen molar-refractivity contribution < 1.29 is 18.9 Å². The Morgan fingerprint density at radius 1 is 0.423 bits per heavy atom. The molecule has 0 aromatic heterocycles. The van der Waals surface area contributed by atoms with E-state index in [4.69, 9.17) is 67.8 Å². The van der Waals surface area contributed by atoms with Gasteiger partial charge in [-0.2, -0.15) is 0 Å². The first-order valence-electron chi connectivity index (χ1n) is 7.94. The molecular weight excluding hydrogens is 489 g/mol. The largest absolute Gasteiger partial charge is 0.478 e. The molecule has 26 heavy (non-hydrogen) atoms. The van der Waals surface area contributed by atoms with Crippen LogP contribution in [0.1, 0.15) is 38.5 Å². The van der Waals surface area contributed by atoms with Gasteiger partial charge in [-0.3, -0.25) is 0 Å². The van der Waals surface area contributed by atoms with Crippen LogP contribution in [-0.4, -0.2) is 44.0 Å². The molecule has 12 heteroatoms. The number of ether oxygens (including phenoxy) is 4. The molecule has 1 fully saturated rings. The minimum atomic E-state index is 0.474. The van der Waals surface area contributed by atoms with Crippen molar-refractivity contribution >= 4 is 110 Å².